The molecule has 0 heterocycles. The molecule has 2 unspecified atom stereocenters. The number of ether oxygens (including phenoxy) is 1. The van der Waals surface area contributed by atoms with Gasteiger partial charge in [-0.15, -0.1) is 0 Å². The van der Waals surface area contributed by atoms with Crippen LogP contribution in [0.3, 0.4) is 0 Å². The van der Waals surface area contributed by atoms with Crippen LogP contribution in [0.15, 0.2) is 0 Å². The van der Waals surface area contributed by atoms with E-state index in [-0.39, 0.29) is 21.1 Å². The Balaban J connectivity index is 0. The zero-order valence-electron chi connectivity index (χ0n) is 7.67. The second kappa shape index (κ2) is 7.31. The summed E-state index contributed by atoms with van der Waals surface area (Å²) in [6.45, 7) is 14.6. The molecule has 2 atom stereocenters. The molecule has 0 aromatic heterocycles. The van der Waals surface area contributed by atoms with Gasteiger partial charge in [0.1, 0.15) is 0 Å². The van der Waals surface area contributed by atoms with Gasteiger partial charge in [0.2, 0.25) is 0 Å². The van der Waals surface area contributed by atoms with Gasteiger partial charge in [0.15, 0.2) is 0 Å². The standard InChI is InChI=1S/C9H18O.W/c1-7(2)9(5)6-10-8(3)4;/h7-9H,1,5-6H2,2-4H3;/q-2;+2. The first-order valence-corrected chi connectivity index (χ1v) is 3.81. The Morgan fingerprint density at radius 2 is 1.64 bits per heavy atom. The van der Waals surface area contributed by atoms with Crippen LogP contribution in [0.1, 0.15) is 20.8 Å². The molecule has 0 saturated heterocycles. The SMILES string of the molecule is [CH2-]C(C)C([CH2-])COC(C)C.[W+2]. The molecule has 0 fully saturated rings. The Labute approximate surface area is 85.2 Å². The van der Waals surface area contributed by atoms with Crippen molar-refractivity contribution >= 4 is 0 Å². The summed E-state index contributed by atoms with van der Waals surface area (Å²) in [5, 5.41) is 0. The Bertz CT molecular complexity index is 81.6. The van der Waals surface area contributed by atoms with Gasteiger partial charge in [-0.1, -0.05) is 6.92 Å². The van der Waals surface area contributed by atoms with Crippen molar-refractivity contribution in [2.45, 2.75) is 26.9 Å². The zero-order valence-corrected chi connectivity index (χ0v) is 10.6. The van der Waals surface area contributed by atoms with E-state index in [4.69, 9.17) is 4.74 Å². The molecule has 0 aromatic carbocycles. The first-order valence-electron chi connectivity index (χ1n) is 3.81. The number of hydrogen-bond donors (Lipinski definition) is 0. The molecule has 0 aliphatic rings. The predicted molar refractivity (Wildman–Crippen MR) is 44.5 cm³/mol. The maximum absolute atomic E-state index is 5.36. The van der Waals surface area contributed by atoms with E-state index in [0.29, 0.717) is 17.9 Å². The molecule has 0 aromatic rings. The average molecular weight is 326 g/mol. The summed E-state index contributed by atoms with van der Waals surface area (Å²) in [6.07, 6.45) is 0.308. The van der Waals surface area contributed by atoms with Gasteiger partial charge in [-0.2, -0.15) is 11.8 Å². The quantitative estimate of drug-likeness (QED) is 0.721. The molecule has 0 N–H and O–H groups in total. The smallest absolute Gasteiger partial charge is 0.381 e. The van der Waals surface area contributed by atoms with E-state index in [2.05, 4.69) is 20.8 Å². The van der Waals surface area contributed by atoms with Gasteiger partial charge < -0.3 is 18.6 Å². The summed E-state index contributed by atoms with van der Waals surface area (Å²) in [6, 6.07) is 0. The van der Waals surface area contributed by atoms with Gasteiger partial charge >= 0.3 is 21.1 Å². The van der Waals surface area contributed by atoms with E-state index >= 15 is 0 Å². The molecule has 0 rings (SSSR count). The molecule has 0 radical (unpaired) electrons. The van der Waals surface area contributed by atoms with Crippen molar-refractivity contribution in [3.05, 3.63) is 13.8 Å². The van der Waals surface area contributed by atoms with Crippen LogP contribution in [0, 0.1) is 25.7 Å². The third-order valence-electron chi connectivity index (χ3n) is 1.45. The van der Waals surface area contributed by atoms with Crippen LogP contribution in [0.25, 0.3) is 0 Å². The Morgan fingerprint density at radius 1 is 1.18 bits per heavy atom. The Hall–Kier alpha value is 0.648. The van der Waals surface area contributed by atoms with Crippen LogP contribution in [0.2, 0.25) is 0 Å². The van der Waals surface area contributed by atoms with Crippen LogP contribution in [-0.2, 0) is 25.8 Å². The van der Waals surface area contributed by atoms with E-state index in [1.54, 1.807) is 0 Å². The van der Waals surface area contributed by atoms with Crippen LogP contribution in [-0.4, -0.2) is 12.7 Å². The van der Waals surface area contributed by atoms with E-state index in [9.17, 15) is 0 Å². The molecule has 0 spiro atoms. The molecule has 0 aliphatic heterocycles. The van der Waals surface area contributed by atoms with Gasteiger partial charge in [0.25, 0.3) is 0 Å². The van der Waals surface area contributed by atoms with E-state index in [1.165, 1.54) is 0 Å². The molecule has 0 saturated carbocycles. The zero-order chi connectivity index (χ0) is 8.15. The molecule has 2 heteroatoms. The minimum absolute atomic E-state index is 0. The molecular formula is C9H18OW. The monoisotopic (exact) mass is 326 g/mol. The topological polar surface area (TPSA) is 9.23 Å². The summed E-state index contributed by atoms with van der Waals surface area (Å²) < 4.78 is 5.36. The van der Waals surface area contributed by atoms with Crippen LogP contribution < -0.4 is 0 Å². The summed E-state index contributed by atoms with van der Waals surface area (Å²) in [5.74, 6) is 0.696. The van der Waals surface area contributed by atoms with Crippen molar-refractivity contribution in [2.24, 2.45) is 11.8 Å². The average Bonchev–Trinajstić information content (AvgIpc) is 1.82. The largest absolute Gasteiger partial charge is 2.00 e. The number of hydrogen-bond acceptors (Lipinski definition) is 1. The second-order valence-electron chi connectivity index (χ2n) is 3.12. The van der Waals surface area contributed by atoms with Gasteiger partial charge in [0, 0.05) is 6.61 Å². The summed E-state index contributed by atoms with van der Waals surface area (Å²) in [7, 11) is 0. The first kappa shape index (κ1) is 14.2. The van der Waals surface area contributed by atoms with Crippen molar-refractivity contribution in [1.29, 1.82) is 0 Å². The van der Waals surface area contributed by atoms with Gasteiger partial charge in [-0.05, 0) is 13.8 Å². The van der Waals surface area contributed by atoms with E-state index in [1.807, 2.05) is 13.8 Å². The van der Waals surface area contributed by atoms with Gasteiger partial charge in [-0.3, -0.25) is 0 Å². The molecule has 66 valence electrons. The molecule has 0 amide bonds. The third kappa shape index (κ3) is 8.56. The minimum Gasteiger partial charge on any atom is -0.381 e. The van der Waals surface area contributed by atoms with E-state index in [0.717, 1.165) is 6.61 Å². The molecule has 0 aliphatic carbocycles. The third-order valence-corrected chi connectivity index (χ3v) is 1.45. The van der Waals surface area contributed by atoms with Crippen LogP contribution in [0.4, 0.5) is 0 Å². The van der Waals surface area contributed by atoms with Gasteiger partial charge in [0.05, 0.1) is 6.10 Å². The van der Waals surface area contributed by atoms with Crippen molar-refractivity contribution in [3.63, 3.8) is 0 Å². The fraction of sp³-hybridized carbons (Fsp3) is 0.778. The normalized spacial score (nSPS) is 15.8. The fourth-order valence-electron chi connectivity index (χ4n) is 0.480. The minimum atomic E-state index is 0. The van der Waals surface area contributed by atoms with Crippen molar-refractivity contribution in [3.8, 4) is 0 Å². The summed E-state index contributed by atoms with van der Waals surface area (Å²) >= 11 is 0. The summed E-state index contributed by atoms with van der Waals surface area (Å²) in [4.78, 5) is 0. The predicted octanol–water partition coefficient (Wildman–Crippen LogP) is 2.33. The maximum atomic E-state index is 5.36. The van der Waals surface area contributed by atoms with Crippen LogP contribution >= 0.6 is 0 Å². The molecule has 11 heavy (non-hydrogen) atoms. The summed E-state index contributed by atoms with van der Waals surface area (Å²) in [5.41, 5.74) is 0. The molecular weight excluding hydrogens is 308 g/mol. The van der Waals surface area contributed by atoms with Crippen molar-refractivity contribution < 1.29 is 25.8 Å². The molecule has 1 nitrogen and oxygen atoms in total. The molecule has 0 bridgehead atoms. The van der Waals surface area contributed by atoms with Crippen molar-refractivity contribution in [2.75, 3.05) is 6.61 Å². The second-order valence-corrected chi connectivity index (χ2v) is 3.12. The Morgan fingerprint density at radius 3 is 1.91 bits per heavy atom. The van der Waals surface area contributed by atoms with E-state index < -0.39 is 0 Å². The fourth-order valence-corrected chi connectivity index (χ4v) is 0.480. The van der Waals surface area contributed by atoms with Gasteiger partial charge in [-0.25, -0.2) is 0 Å². The Kier molecular flexibility index (Phi) is 9.42. The first-order chi connectivity index (χ1) is 4.54. The van der Waals surface area contributed by atoms with Crippen LogP contribution in [0.5, 0.6) is 0 Å². The number of rotatable bonds is 4. The van der Waals surface area contributed by atoms with Crippen molar-refractivity contribution in [1.82, 2.24) is 0 Å². The maximum Gasteiger partial charge on any atom is 2.00 e.